The molecule has 3 nitrogen and oxygen atoms in total. The lowest BCUT2D eigenvalue weighted by molar-refractivity contribution is 0.0990. The molecule has 2 aromatic carbocycles. The van der Waals surface area contributed by atoms with Crippen molar-refractivity contribution in [2.45, 2.75) is 20.8 Å². The quantitative estimate of drug-likeness (QED) is 0.905. The molecule has 0 aliphatic heterocycles. The number of benzene rings is 2. The number of hydrogen-bond donors (Lipinski definition) is 1. The van der Waals surface area contributed by atoms with Gasteiger partial charge in [0.25, 0.3) is 5.91 Å². The number of carbonyl (C=O) groups excluding carboxylic acids is 1. The lowest BCUT2D eigenvalue weighted by Crippen LogP contribution is -2.26. The first-order valence-corrected chi connectivity index (χ1v) is 6.55. The zero-order valence-electron chi connectivity index (χ0n) is 12.3. The Labute approximate surface area is 119 Å². The van der Waals surface area contributed by atoms with Gasteiger partial charge in [0.05, 0.1) is 5.56 Å². The Morgan fingerprint density at radius 3 is 2.25 bits per heavy atom. The van der Waals surface area contributed by atoms with Crippen LogP contribution in [0.15, 0.2) is 36.4 Å². The Morgan fingerprint density at radius 1 is 1.05 bits per heavy atom. The summed E-state index contributed by atoms with van der Waals surface area (Å²) in [6, 6.07) is 11.2. The van der Waals surface area contributed by atoms with E-state index in [2.05, 4.69) is 6.07 Å². The van der Waals surface area contributed by atoms with Gasteiger partial charge >= 0.3 is 0 Å². The molecule has 2 aromatic rings. The maximum absolute atomic E-state index is 12.5. The molecule has 104 valence electrons. The van der Waals surface area contributed by atoms with Crippen molar-refractivity contribution in [1.82, 2.24) is 0 Å². The van der Waals surface area contributed by atoms with Gasteiger partial charge in [-0.15, -0.1) is 0 Å². The Hall–Kier alpha value is -2.29. The number of anilines is 1. The van der Waals surface area contributed by atoms with Gasteiger partial charge in [-0.05, 0) is 55.7 Å². The highest BCUT2D eigenvalue weighted by Gasteiger charge is 2.18. The average molecular weight is 269 g/mol. The SMILES string of the molecule is Cc1cc(C)cc(N(C)C(=O)c2cccc(C)c2O)c1. The van der Waals surface area contributed by atoms with Crippen LogP contribution in [-0.2, 0) is 0 Å². The van der Waals surface area contributed by atoms with Crippen molar-refractivity contribution in [3.63, 3.8) is 0 Å². The van der Waals surface area contributed by atoms with Crippen LogP contribution in [0.3, 0.4) is 0 Å². The van der Waals surface area contributed by atoms with Crippen LogP contribution < -0.4 is 4.90 Å². The van der Waals surface area contributed by atoms with Gasteiger partial charge in [-0.3, -0.25) is 4.79 Å². The molecule has 0 aromatic heterocycles. The third-order valence-corrected chi connectivity index (χ3v) is 3.37. The summed E-state index contributed by atoms with van der Waals surface area (Å²) in [6.07, 6.45) is 0. The highest BCUT2D eigenvalue weighted by atomic mass is 16.3. The molecule has 0 unspecified atom stereocenters. The molecule has 0 saturated heterocycles. The second kappa shape index (κ2) is 5.37. The first-order valence-electron chi connectivity index (χ1n) is 6.55. The maximum atomic E-state index is 12.5. The predicted octanol–water partition coefficient (Wildman–Crippen LogP) is 3.59. The van der Waals surface area contributed by atoms with E-state index in [0.29, 0.717) is 11.1 Å². The van der Waals surface area contributed by atoms with Crippen molar-refractivity contribution in [2.24, 2.45) is 0 Å². The number of carbonyl (C=O) groups is 1. The summed E-state index contributed by atoms with van der Waals surface area (Å²) in [5, 5.41) is 10.0. The lowest BCUT2D eigenvalue weighted by atomic mass is 10.1. The summed E-state index contributed by atoms with van der Waals surface area (Å²) in [5.41, 5.74) is 4.06. The minimum absolute atomic E-state index is 0.0497. The van der Waals surface area contributed by atoms with Gasteiger partial charge in [0.1, 0.15) is 5.75 Å². The Balaban J connectivity index is 2.40. The number of amides is 1. The summed E-state index contributed by atoms with van der Waals surface area (Å²) >= 11 is 0. The van der Waals surface area contributed by atoms with Crippen LogP contribution in [0.5, 0.6) is 5.75 Å². The molecule has 0 atom stereocenters. The molecule has 0 saturated carbocycles. The third-order valence-electron chi connectivity index (χ3n) is 3.37. The number of phenolic OH excluding ortho intramolecular Hbond substituents is 1. The van der Waals surface area contributed by atoms with Crippen molar-refractivity contribution < 1.29 is 9.90 Å². The molecule has 0 heterocycles. The van der Waals surface area contributed by atoms with Gasteiger partial charge in [0.15, 0.2) is 0 Å². The topological polar surface area (TPSA) is 40.5 Å². The first kappa shape index (κ1) is 14.1. The average Bonchev–Trinajstić information content (AvgIpc) is 2.39. The fraction of sp³-hybridized carbons (Fsp3) is 0.235. The van der Waals surface area contributed by atoms with Gasteiger partial charge in [-0.1, -0.05) is 18.2 Å². The van der Waals surface area contributed by atoms with E-state index >= 15 is 0 Å². The van der Waals surface area contributed by atoms with Gasteiger partial charge in [-0.25, -0.2) is 0 Å². The van der Waals surface area contributed by atoms with E-state index < -0.39 is 0 Å². The highest BCUT2D eigenvalue weighted by molar-refractivity contribution is 6.07. The van der Waals surface area contributed by atoms with Crippen molar-refractivity contribution in [2.75, 3.05) is 11.9 Å². The molecule has 20 heavy (non-hydrogen) atoms. The molecule has 0 spiro atoms. The Kier molecular flexibility index (Phi) is 3.79. The van der Waals surface area contributed by atoms with E-state index in [1.165, 1.54) is 0 Å². The Bertz CT molecular complexity index is 642. The number of aryl methyl sites for hydroxylation is 3. The number of para-hydroxylation sites is 1. The molecular formula is C17H19NO2. The summed E-state index contributed by atoms with van der Waals surface area (Å²) < 4.78 is 0. The molecule has 1 N–H and O–H groups in total. The van der Waals surface area contributed by atoms with E-state index in [0.717, 1.165) is 16.8 Å². The summed E-state index contributed by atoms with van der Waals surface area (Å²) in [5.74, 6) is -0.162. The lowest BCUT2D eigenvalue weighted by Gasteiger charge is -2.19. The number of aromatic hydroxyl groups is 1. The van der Waals surface area contributed by atoms with Crippen molar-refractivity contribution in [1.29, 1.82) is 0 Å². The fourth-order valence-electron chi connectivity index (χ4n) is 2.27. The van der Waals surface area contributed by atoms with Crippen molar-refractivity contribution in [3.8, 4) is 5.75 Å². The zero-order valence-corrected chi connectivity index (χ0v) is 12.3. The molecule has 3 heteroatoms. The molecule has 0 aliphatic carbocycles. The standard InChI is InChI=1S/C17H19NO2/c1-11-8-12(2)10-14(9-11)18(4)17(20)15-7-5-6-13(3)16(15)19/h5-10,19H,1-4H3. The van der Waals surface area contributed by atoms with Crippen molar-refractivity contribution >= 4 is 11.6 Å². The second-order valence-corrected chi connectivity index (χ2v) is 5.18. The summed E-state index contributed by atoms with van der Waals surface area (Å²) in [7, 11) is 1.72. The summed E-state index contributed by atoms with van der Waals surface area (Å²) in [4.78, 5) is 14.1. The first-order chi connectivity index (χ1) is 9.40. The van der Waals surface area contributed by atoms with Crippen LogP contribution in [-0.4, -0.2) is 18.1 Å². The number of nitrogens with zero attached hydrogens (tertiary/aromatic N) is 1. The number of hydrogen-bond acceptors (Lipinski definition) is 2. The molecule has 2 rings (SSSR count). The smallest absolute Gasteiger partial charge is 0.261 e. The maximum Gasteiger partial charge on any atom is 0.261 e. The van der Waals surface area contributed by atoms with E-state index in [1.807, 2.05) is 26.0 Å². The highest BCUT2D eigenvalue weighted by Crippen LogP contribution is 2.25. The number of rotatable bonds is 2. The monoisotopic (exact) mass is 269 g/mol. The van der Waals surface area contributed by atoms with Gasteiger partial charge in [0, 0.05) is 12.7 Å². The second-order valence-electron chi connectivity index (χ2n) is 5.18. The minimum Gasteiger partial charge on any atom is -0.507 e. The minimum atomic E-state index is -0.212. The zero-order chi connectivity index (χ0) is 14.9. The van der Waals surface area contributed by atoms with Crippen LogP contribution >= 0.6 is 0 Å². The van der Waals surface area contributed by atoms with Crippen LogP contribution in [0.2, 0.25) is 0 Å². The number of phenols is 1. The van der Waals surface area contributed by atoms with E-state index in [-0.39, 0.29) is 11.7 Å². The van der Waals surface area contributed by atoms with Crippen LogP contribution in [0.1, 0.15) is 27.0 Å². The van der Waals surface area contributed by atoms with Gasteiger partial charge < -0.3 is 10.0 Å². The summed E-state index contributed by atoms with van der Waals surface area (Å²) in [6.45, 7) is 5.78. The van der Waals surface area contributed by atoms with Gasteiger partial charge in [-0.2, -0.15) is 0 Å². The molecular weight excluding hydrogens is 250 g/mol. The van der Waals surface area contributed by atoms with Crippen molar-refractivity contribution in [3.05, 3.63) is 58.7 Å². The van der Waals surface area contributed by atoms with E-state index in [9.17, 15) is 9.90 Å². The Morgan fingerprint density at radius 2 is 1.65 bits per heavy atom. The predicted molar refractivity (Wildman–Crippen MR) is 81.5 cm³/mol. The van der Waals surface area contributed by atoms with Crippen LogP contribution in [0, 0.1) is 20.8 Å². The fourth-order valence-corrected chi connectivity index (χ4v) is 2.27. The molecule has 0 fully saturated rings. The van der Waals surface area contributed by atoms with Crippen LogP contribution in [0.4, 0.5) is 5.69 Å². The molecule has 0 radical (unpaired) electrons. The van der Waals surface area contributed by atoms with Crippen LogP contribution in [0.25, 0.3) is 0 Å². The van der Waals surface area contributed by atoms with Gasteiger partial charge in [0.2, 0.25) is 0 Å². The molecule has 1 amide bonds. The third kappa shape index (κ3) is 2.67. The largest absolute Gasteiger partial charge is 0.507 e. The molecule has 0 aliphatic rings. The molecule has 0 bridgehead atoms. The van der Waals surface area contributed by atoms with E-state index in [1.54, 1.807) is 37.1 Å². The normalized spacial score (nSPS) is 10.4. The van der Waals surface area contributed by atoms with E-state index in [4.69, 9.17) is 0 Å².